The summed E-state index contributed by atoms with van der Waals surface area (Å²) in [6.07, 6.45) is 0.00298. The number of benzene rings is 2. The highest BCUT2D eigenvalue weighted by molar-refractivity contribution is 7.88. The van der Waals surface area contributed by atoms with Crippen LogP contribution in [0.4, 0.5) is 0 Å². The van der Waals surface area contributed by atoms with Crippen molar-refractivity contribution in [3.8, 4) is 0 Å². The highest BCUT2D eigenvalue weighted by Crippen LogP contribution is 2.19. The van der Waals surface area contributed by atoms with E-state index in [0.29, 0.717) is 5.56 Å². The summed E-state index contributed by atoms with van der Waals surface area (Å²) >= 11 is 0. The number of esters is 1. The zero-order valence-electron chi connectivity index (χ0n) is 17.5. The molecular weight excluding hydrogens is 440 g/mol. The number of ether oxygens (including phenoxy) is 1. The summed E-state index contributed by atoms with van der Waals surface area (Å²) in [4.78, 5) is 47.8. The average Bonchev–Trinajstić information content (AvgIpc) is 2.70. The van der Waals surface area contributed by atoms with E-state index in [4.69, 9.17) is 9.84 Å². The first kappa shape index (κ1) is 25.0. The molecule has 0 aliphatic heterocycles. The van der Waals surface area contributed by atoms with E-state index in [-0.39, 0.29) is 6.42 Å². The summed E-state index contributed by atoms with van der Waals surface area (Å²) in [6.45, 7) is 0.499. The van der Waals surface area contributed by atoms with Crippen LogP contribution in [0.25, 0.3) is 10.8 Å². The number of aliphatic carboxylic acids is 1. The van der Waals surface area contributed by atoms with Gasteiger partial charge < -0.3 is 15.2 Å². The van der Waals surface area contributed by atoms with Gasteiger partial charge in [0, 0.05) is 0 Å². The molecule has 0 spiro atoms. The van der Waals surface area contributed by atoms with Crippen LogP contribution in [-0.4, -0.2) is 62.1 Å². The number of Topliss-reactive ketones (excluding diaryl/α,β-unsaturated/α-hetero) is 1. The van der Waals surface area contributed by atoms with Gasteiger partial charge >= 0.3 is 11.9 Å². The average molecular weight is 464 g/mol. The molecule has 0 radical (unpaired) electrons. The number of hydrogen-bond donors (Lipinski definition) is 3. The summed E-state index contributed by atoms with van der Waals surface area (Å²) < 4.78 is 29.5. The number of carbonyl (C=O) groups excluding carboxylic acids is 3. The number of carbonyl (C=O) groups is 4. The van der Waals surface area contributed by atoms with Crippen LogP contribution in [0, 0.1) is 0 Å². The van der Waals surface area contributed by atoms with E-state index in [1.54, 1.807) is 12.1 Å². The highest BCUT2D eigenvalue weighted by atomic mass is 32.2. The normalized spacial score (nSPS) is 13.2. The largest absolute Gasteiger partial charge is 0.481 e. The van der Waals surface area contributed by atoms with Crippen molar-refractivity contribution in [2.75, 3.05) is 12.9 Å². The monoisotopic (exact) mass is 464 g/mol. The lowest BCUT2D eigenvalue weighted by Gasteiger charge is -2.19. The van der Waals surface area contributed by atoms with Crippen molar-refractivity contribution in [3.05, 3.63) is 48.0 Å². The zero-order valence-corrected chi connectivity index (χ0v) is 18.3. The number of carboxylic acids is 1. The Kier molecular flexibility index (Phi) is 8.44. The van der Waals surface area contributed by atoms with E-state index in [9.17, 15) is 27.6 Å². The van der Waals surface area contributed by atoms with Crippen LogP contribution < -0.4 is 10.0 Å². The third-order valence-corrected chi connectivity index (χ3v) is 5.24. The Morgan fingerprint density at radius 2 is 1.72 bits per heavy atom. The number of sulfonamides is 1. The van der Waals surface area contributed by atoms with Gasteiger partial charge in [-0.15, -0.1) is 0 Å². The van der Waals surface area contributed by atoms with Crippen molar-refractivity contribution in [3.63, 3.8) is 0 Å². The standard InChI is InChI=1S/C21H24N2O8S/c1-13(23-32(2,29)30)21(28)22-17(11-19(25)26)18(24)12-31-20(27)10-15-8-5-7-14-6-3-4-9-16(14)15/h3-9,13,17,23H,10-12H2,1-2H3,(H,22,28)(H,25,26). The maximum absolute atomic E-state index is 12.4. The molecule has 0 heterocycles. The first-order chi connectivity index (χ1) is 15.0. The summed E-state index contributed by atoms with van der Waals surface area (Å²) in [6, 6.07) is 10.2. The van der Waals surface area contributed by atoms with Crippen molar-refractivity contribution < 1.29 is 37.4 Å². The topological polar surface area (TPSA) is 156 Å². The fourth-order valence-corrected chi connectivity index (χ4v) is 3.75. The minimum Gasteiger partial charge on any atom is -0.481 e. The minimum absolute atomic E-state index is 0.0973. The molecule has 2 aromatic carbocycles. The second-order valence-electron chi connectivity index (χ2n) is 7.21. The Bertz CT molecular complexity index is 1120. The predicted molar refractivity (Wildman–Crippen MR) is 115 cm³/mol. The van der Waals surface area contributed by atoms with E-state index in [1.807, 2.05) is 35.1 Å². The number of fused-ring (bicyclic) bond motifs is 1. The molecule has 0 aliphatic rings. The number of rotatable bonds is 11. The molecule has 2 atom stereocenters. The lowest BCUT2D eigenvalue weighted by molar-refractivity contribution is -0.148. The van der Waals surface area contributed by atoms with Gasteiger partial charge in [0.25, 0.3) is 0 Å². The lowest BCUT2D eigenvalue weighted by Crippen LogP contribution is -2.51. The summed E-state index contributed by atoms with van der Waals surface area (Å²) in [5, 5.41) is 13.0. The van der Waals surface area contributed by atoms with Crippen LogP contribution in [0.1, 0.15) is 18.9 Å². The first-order valence-electron chi connectivity index (χ1n) is 9.60. The quantitative estimate of drug-likeness (QED) is 0.403. The predicted octanol–water partition coefficient (Wildman–Crippen LogP) is 0.392. The maximum Gasteiger partial charge on any atom is 0.310 e. The fraction of sp³-hybridized carbons (Fsp3) is 0.333. The highest BCUT2D eigenvalue weighted by Gasteiger charge is 2.27. The molecule has 0 aliphatic carbocycles. The van der Waals surface area contributed by atoms with Gasteiger partial charge in [-0.1, -0.05) is 42.5 Å². The molecule has 3 N–H and O–H groups in total. The van der Waals surface area contributed by atoms with Gasteiger partial charge in [0.05, 0.1) is 25.1 Å². The molecule has 11 heteroatoms. The fourth-order valence-electron chi connectivity index (χ4n) is 3.00. The second-order valence-corrected chi connectivity index (χ2v) is 8.99. The van der Waals surface area contributed by atoms with E-state index in [2.05, 4.69) is 5.32 Å². The van der Waals surface area contributed by atoms with E-state index < -0.39 is 58.8 Å². The summed E-state index contributed by atoms with van der Waals surface area (Å²) in [5.74, 6) is -3.78. The van der Waals surface area contributed by atoms with Crippen LogP contribution in [0.5, 0.6) is 0 Å². The van der Waals surface area contributed by atoms with Gasteiger partial charge in [-0.2, -0.15) is 0 Å². The Balaban J connectivity index is 1.99. The summed E-state index contributed by atoms with van der Waals surface area (Å²) in [7, 11) is -3.70. The molecule has 0 fully saturated rings. The molecule has 172 valence electrons. The number of hydrogen-bond acceptors (Lipinski definition) is 7. The van der Waals surface area contributed by atoms with Crippen molar-refractivity contribution in [1.29, 1.82) is 0 Å². The second kappa shape index (κ2) is 10.8. The Hall–Kier alpha value is -3.31. The van der Waals surface area contributed by atoms with Gasteiger partial charge in [-0.25, -0.2) is 13.1 Å². The third kappa shape index (κ3) is 7.75. The number of amides is 1. The van der Waals surface area contributed by atoms with Gasteiger partial charge in [-0.3, -0.25) is 19.2 Å². The van der Waals surface area contributed by atoms with Gasteiger partial charge in [-0.05, 0) is 23.3 Å². The Morgan fingerprint density at radius 1 is 1.06 bits per heavy atom. The smallest absolute Gasteiger partial charge is 0.310 e. The van der Waals surface area contributed by atoms with Crippen molar-refractivity contribution >= 4 is 44.4 Å². The molecule has 2 aromatic rings. The van der Waals surface area contributed by atoms with Gasteiger partial charge in [0.1, 0.15) is 6.04 Å². The summed E-state index contributed by atoms with van der Waals surface area (Å²) in [5.41, 5.74) is 0.705. The van der Waals surface area contributed by atoms with Crippen molar-refractivity contribution in [2.24, 2.45) is 0 Å². The zero-order chi connectivity index (χ0) is 23.9. The molecule has 0 saturated carbocycles. The molecule has 2 rings (SSSR count). The number of ketones is 1. The lowest BCUT2D eigenvalue weighted by atomic mass is 10.0. The van der Waals surface area contributed by atoms with Crippen LogP contribution >= 0.6 is 0 Å². The van der Waals surface area contributed by atoms with Gasteiger partial charge in [0.15, 0.2) is 12.4 Å². The SMILES string of the molecule is CC(NS(C)(=O)=O)C(=O)NC(CC(=O)O)C(=O)COC(=O)Cc1cccc2ccccc12. The molecule has 0 bridgehead atoms. The molecule has 0 aromatic heterocycles. The number of carboxylic acid groups (broad SMARTS) is 1. The van der Waals surface area contributed by atoms with Crippen molar-refractivity contribution in [2.45, 2.75) is 31.8 Å². The number of nitrogens with one attached hydrogen (secondary N) is 2. The Labute approximate surface area is 185 Å². The molecule has 0 saturated heterocycles. The van der Waals surface area contributed by atoms with Crippen LogP contribution in [0.2, 0.25) is 0 Å². The maximum atomic E-state index is 12.4. The van der Waals surface area contributed by atoms with Gasteiger partial charge in [0.2, 0.25) is 15.9 Å². The first-order valence-corrected chi connectivity index (χ1v) is 11.5. The van der Waals surface area contributed by atoms with Crippen LogP contribution in [0.3, 0.4) is 0 Å². The van der Waals surface area contributed by atoms with E-state index in [0.717, 1.165) is 17.0 Å². The molecule has 32 heavy (non-hydrogen) atoms. The van der Waals surface area contributed by atoms with Crippen molar-refractivity contribution in [1.82, 2.24) is 10.0 Å². The van der Waals surface area contributed by atoms with E-state index in [1.165, 1.54) is 6.92 Å². The molecular formula is C21H24N2O8S. The minimum atomic E-state index is -3.70. The third-order valence-electron chi connectivity index (χ3n) is 4.46. The molecule has 1 amide bonds. The van der Waals surface area contributed by atoms with E-state index >= 15 is 0 Å². The molecule has 2 unspecified atom stereocenters. The van der Waals surface area contributed by atoms with Crippen LogP contribution in [0.15, 0.2) is 42.5 Å². The molecule has 10 nitrogen and oxygen atoms in total. The van der Waals surface area contributed by atoms with Crippen LogP contribution in [-0.2, 0) is 40.4 Å². The Morgan fingerprint density at radius 3 is 2.38 bits per heavy atom.